The molecule has 2 N–H and O–H groups in total. The van der Waals surface area contributed by atoms with Gasteiger partial charge in [0.25, 0.3) is 0 Å². The number of aliphatic imine (C=N–C) groups is 1. The molecule has 5 nitrogen and oxygen atoms in total. The largest absolute Gasteiger partial charge is 0.356 e. The number of nitrogens with zero attached hydrogens (tertiary/aromatic N) is 1. The van der Waals surface area contributed by atoms with Crippen LogP contribution in [-0.4, -0.2) is 40.3 Å². The van der Waals surface area contributed by atoms with Crippen LogP contribution in [0.15, 0.2) is 64.5 Å². The first kappa shape index (κ1) is 21.7. The minimum Gasteiger partial charge on any atom is -0.356 e. The molecule has 1 aliphatic rings. The summed E-state index contributed by atoms with van der Waals surface area (Å²) >= 11 is 0. The highest BCUT2D eigenvalue weighted by molar-refractivity contribution is 14.0. The number of halogens is 1. The fourth-order valence-corrected chi connectivity index (χ4v) is 3.65. The van der Waals surface area contributed by atoms with E-state index < -0.39 is 9.84 Å². The molecule has 0 aromatic heterocycles. The minimum absolute atomic E-state index is 0. The van der Waals surface area contributed by atoms with Gasteiger partial charge >= 0.3 is 0 Å². The third-order valence-corrected chi connectivity index (χ3v) is 5.75. The molecule has 27 heavy (non-hydrogen) atoms. The molecule has 7 heteroatoms. The Kier molecular flexibility index (Phi) is 7.67. The van der Waals surface area contributed by atoms with Crippen LogP contribution in [0.4, 0.5) is 0 Å². The van der Waals surface area contributed by atoms with E-state index in [0.29, 0.717) is 16.9 Å². The molecular weight excluding hydrogens is 473 g/mol. The van der Waals surface area contributed by atoms with Gasteiger partial charge in [-0.1, -0.05) is 42.5 Å². The third-order valence-electron chi connectivity index (χ3n) is 4.62. The van der Waals surface area contributed by atoms with E-state index >= 15 is 0 Å². The predicted octanol–water partition coefficient (Wildman–Crippen LogP) is 2.97. The highest BCUT2D eigenvalue weighted by Gasteiger charge is 2.38. The van der Waals surface area contributed by atoms with E-state index in [1.54, 1.807) is 19.2 Å². The van der Waals surface area contributed by atoms with Crippen LogP contribution in [0.2, 0.25) is 0 Å². The molecule has 0 radical (unpaired) electrons. The van der Waals surface area contributed by atoms with Gasteiger partial charge in [0.15, 0.2) is 15.8 Å². The van der Waals surface area contributed by atoms with Crippen molar-refractivity contribution in [2.45, 2.75) is 29.7 Å². The van der Waals surface area contributed by atoms with Gasteiger partial charge in [0.1, 0.15) is 0 Å². The lowest BCUT2D eigenvalue weighted by Gasteiger charge is -2.12. The lowest BCUT2D eigenvalue weighted by Crippen LogP contribution is -2.39. The SMILES string of the molecule is CN=C(NCCc1ccc(S(C)(=O)=O)cc1)NC1CC1c1ccccc1.I. The number of sulfone groups is 1. The van der Waals surface area contributed by atoms with E-state index in [9.17, 15) is 8.42 Å². The van der Waals surface area contributed by atoms with Crippen LogP contribution in [-0.2, 0) is 16.3 Å². The smallest absolute Gasteiger partial charge is 0.191 e. The van der Waals surface area contributed by atoms with Gasteiger partial charge in [0, 0.05) is 31.8 Å². The normalized spacial score (nSPS) is 19.1. The monoisotopic (exact) mass is 499 g/mol. The van der Waals surface area contributed by atoms with Crippen molar-refractivity contribution < 1.29 is 8.42 Å². The highest BCUT2D eigenvalue weighted by Crippen LogP contribution is 2.40. The Hall–Kier alpha value is -1.61. The van der Waals surface area contributed by atoms with Crippen molar-refractivity contribution >= 4 is 39.8 Å². The predicted molar refractivity (Wildman–Crippen MR) is 121 cm³/mol. The van der Waals surface area contributed by atoms with E-state index in [0.717, 1.165) is 30.9 Å². The lowest BCUT2D eigenvalue weighted by atomic mass is 10.1. The first-order chi connectivity index (χ1) is 12.5. The number of benzene rings is 2. The zero-order valence-corrected chi connectivity index (χ0v) is 18.7. The quantitative estimate of drug-likeness (QED) is 0.365. The van der Waals surface area contributed by atoms with E-state index in [4.69, 9.17) is 0 Å². The van der Waals surface area contributed by atoms with Crippen molar-refractivity contribution in [2.24, 2.45) is 4.99 Å². The first-order valence-corrected chi connectivity index (χ1v) is 10.7. The summed E-state index contributed by atoms with van der Waals surface area (Å²) in [5.74, 6) is 1.36. The van der Waals surface area contributed by atoms with Crippen molar-refractivity contribution in [1.82, 2.24) is 10.6 Å². The Labute approximate surface area is 178 Å². The zero-order chi connectivity index (χ0) is 18.6. The van der Waals surface area contributed by atoms with Crippen LogP contribution in [0.1, 0.15) is 23.5 Å². The summed E-state index contributed by atoms with van der Waals surface area (Å²) in [4.78, 5) is 4.64. The molecule has 0 saturated heterocycles. The topological polar surface area (TPSA) is 70.6 Å². The Morgan fingerprint density at radius 2 is 1.78 bits per heavy atom. The van der Waals surface area contributed by atoms with Gasteiger partial charge in [-0.25, -0.2) is 8.42 Å². The van der Waals surface area contributed by atoms with Gasteiger partial charge in [-0.05, 0) is 36.1 Å². The molecule has 2 aromatic carbocycles. The van der Waals surface area contributed by atoms with Crippen molar-refractivity contribution in [3.63, 3.8) is 0 Å². The lowest BCUT2D eigenvalue weighted by molar-refractivity contribution is 0.602. The summed E-state index contributed by atoms with van der Waals surface area (Å²) in [6.07, 6.45) is 3.15. The summed E-state index contributed by atoms with van der Waals surface area (Å²) in [6.45, 7) is 0.737. The Balaban J connectivity index is 0.00000261. The maximum atomic E-state index is 11.5. The molecule has 2 aromatic rings. The van der Waals surface area contributed by atoms with Crippen LogP contribution in [0, 0.1) is 0 Å². The molecule has 0 heterocycles. The van der Waals surface area contributed by atoms with E-state index in [2.05, 4.69) is 39.9 Å². The van der Waals surface area contributed by atoms with Gasteiger partial charge in [-0.15, -0.1) is 24.0 Å². The standard InChI is InChI=1S/C20H25N3O2S.HI/c1-21-20(23-19-14-18(19)16-6-4-3-5-7-16)22-13-12-15-8-10-17(11-9-15)26(2,24)25;/h3-11,18-19H,12-14H2,1-2H3,(H2,21,22,23);1H. The van der Waals surface area contributed by atoms with E-state index in [-0.39, 0.29) is 24.0 Å². The number of hydrogen-bond donors (Lipinski definition) is 2. The van der Waals surface area contributed by atoms with Crippen molar-refractivity contribution in [3.05, 3.63) is 65.7 Å². The fraction of sp³-hybridized carbons (Fsp3) is 0.350. The minimum atomic E-state index is -3.14. The maximum absolute atomic E-state index is 11.5. The molecule has 0 amide bonds. The van der Waals surface area contributed by atoms with Crippen molar-refractivity contribution in [1.29, 1.82) is 0 Å². The molecule has 3 rings (SSSR count). The van der Waals surface area contributed by atoms with Crippen LogP contribution < -0.4 is 10.6 Å². The number of hydrogen-bond acceptors (Lipinski definition) is 3. The molecule has 1 aliphatic carbocycles. The fourth-order valence-electron chi connectivity index (χ4n) is 3.02. The van der Waals surface area contributed by atoms with Crippen LogP contribution >= 0.6 is 24.0 Å². The van der Waals surface area contributed by atoms with Gasteiger partial charge < -0.3 is 10.6 Å². The zero-order valence-electron chi connectivity index (χ0n) is 15.6. The third kappa shape index (κ3) is 6.21. The Morgan fingerprint density at radius 1 is 1.11 bits per heavy atom. The summed E-state index contributed by atoms with van der Waals surface area (Å²) in [7, 11) is -1.36. The summed E-state index contributed by atoms with van der Waals surface area (Å²) in [5, 5.41) is 6.79. The molecule has 0 aliphatic heterocycles. The molecule has 2 unspecified atom stereocenters. The summed E-state index contributed by atoms with van der Waals surface area (Å²) in [5.41, 5.74) is 2.46. The second-order valence-electron chi connectivity index (χ2n) is 6.67. The summed E-state index contributed by atoms with van der Waals surface area (Å²) in [6, 6.07) is 18.0. The highest BCUT2D eigenvalue weighted by atomic mass is 127. The number of rotatable bonds is 6. The summed E-state index contributed by atoms with van der Waals surface area (Å²) < 4.78 is 23.0. The Morgan fingerprint density at radius 3 is 2.37 bits per heavy atom. The maximum Gasteiger partial charge on any atom is 0.191 e. The van der Waals surface area contributed by atoms with E-state index in [1.165, 1.54) is 11.8 Å². The molecule has 0 spiro atoms. The van der Waals surface area contributed by atoms with Gasteiger partial charge in [0.05, 0.1) is 4.90 Å². The van der Waals surface area contributed by atoms with Gasteiger partial charge in [-0.2, -0.15) is 0 Å². The van der Waals surface area contributed by atoms with Crippen LogP contribution in [0.3, 0.4) is 0 Å². The molecule has 146 valence electrons. The Bertz CT molecular complexity index is 868. The molecular formula is C20H26IN3O2S. The van der Waals surface area contributed by atoms with E-state index in [1.807, 2.05) is 18.2 Å². The average molecular weight is 499 g/mol. The van der Waals surface area contributed by atoms with Crippen molar-refractivity contribution in [3.8, 4) is 0 Å². The second-order valence-corrected chi connectivity index (χ2v) is 8.68. The number of guanidine groups is 1. The molecule has 1 fully saturated rings. The first-order valence-electron chi connectivity index (χ1n) is 8.78. The molecule has 0 bridgehead atoms. The van der Waals surface area contributed by atoms with Gasteiger partial charge in [-0.3, -0.25) is 4.99 Å². The number of nitrogens with one attached hydrogen (secondary N) is 2. The average Bonchev–Trinajstić information content (AvgIpc) is 3.40. The van der Waals surface area contributed by atoms with Crippen molar-refractivity contribution in [2.75, 3.05) is 19.8 Å². The van der Waals surface area contributed by atoms with Gasteiger partial charge in [0.2, 0.25) is 0 Å². The van der Waals surface area contributed by atoms with Crippen LogP contribution in [0.5, 0.6) is 0 Å². The molecule has 1 saturated carbocycles. The van der Waals surface area contributed by atoms with Crippen LogP contribution in [0.25, 0.3) is 0 Å². The second kappa shape index (κ2) is 9.54. The molecule has 2 atom stereocenters.